The third kappa shape index (κ3) is 4.70. The quantitative estimate of drug-likeness (QED) is 0.592. The maximum absolute atomic E-state index is 12.3. The SMILES string of the molecule is CCn1ncc(Br)c1CNC(=O)c1ccn(COc2ccc(Cl)c(C)c2)n1. The lowest BCUT2D eigenvalue weighted by molar-refractivity contribution is 0.0942. The minimum Gasteiger partial charge on any atom is -0.471 e. The molecule has 7 nitrogen and oxygen atoms in total. The van der Waals surface area contributed by atoms with E-state index in [1.165, 1.54) is 0 Å². The highest BCUT2D eigenvalue weighted by Gasteiger charge is 2.13. The van der Waals surface area contributed by atoms with Gasteiger partial charge < -0.3 is 10.1 Å². The van der Waals surface area contributed by atoms with Crippen LogP contribution in [0.4, 0.5) is 0 Å². The summed E-state index contributed by atoms with van der Waals surface area (Å²) in [5.41, 5.74) is 2.17. The average molecular weight is 453 g/mol. The first-order chi connectivity index (χ1) is 13.0. The molecule has 27 heavy (non-hydrogen) atoms. The Morgan fingerprint density at radius 2 is 2.19 bits per heavy atom. The van der Waals surface area contributed by atoms with Crippen molar-refractivity contribution in [3.8, 4) is 5.75 Å². The molecule has 0 aliphatic carbocycles. The van der Waals surface area contributed by atoms with Crippen LogP contribution in [0.1, 0.15) is 28.7 Å². The first kappa shape index (κ1) is 19.4. The van der Waals surface area contributed by atoms with Gasteiger partial charge in [-0.1, -0.05) is 11.6 Å². The fourth-order valence-corrected chi connectivity index (χ4v) is 3.05. The van der Waals surface area contributed by atoms with E-state index < -0.39 is 0 Å². The molecule has 0 bridgehead atoms. The van der Waals surface area contributed by atoms with Crippen LogP contribution in [0, 0.1) is 6.92 Å². The molecule has 0 saturated carbocycles. The minimum atomic E-state index is -0.258. The number of hydrogen-bond acceptors (Lipinski definition) is 4. The fraction of sp³-hybridized carbons (Fsp3) is 0.278. The van der Waals surface area contributed by atoms with E-state index in [-0.39, 0.29) is 12.6 Å². The van der Waals surface area contributed by atoms with Gasteiger partial charge in [0.1, 0.15) is 11.4 Å². The van der Waals surface area contributed by atoms with Crippen molar-refractivity contribution in [1.82, 2.24) is 24.9 Å². The van der Waals surface area contributed by atoms with E-state index in [1.807, 2.05) is 24.6 Å². The molecule has 1 N–H and O–H groups in total. The van der Waals surface area contributed by atoms with E-state index in [1.54, 1.807) is 35.3 Å². The molecule has 1 aromatic carbocycles. The minimum absolute atomic E-state index is 0.197. The highest BCUT2D eigenvalue weighted by Crippen LogP contribution is 2.21. The summed E-state index contributed by atoms with van der Waals surface area (Å²) in [6, 6.07) is 7.08. The van der Waals surface area contributed by atoms with Crippen molar-refractivity contribution in [3.63, 3.8) is 0 Å². The van der Waals surface area contributed by atoms with E-state index in [4.69, 9.17) is 16.3 Å². The molecule has 0 unspecified atom stereocenters. The van der Waals surface area contributed by atoms with Gasteiger partial charge in [0.25, 0.3) is 5.91 Å². The second kappa shape index (κ2) is 8.58. The summed E-state index contributed by atoms with van der Waals surface area (Å²) < 4.78 is 9.93. The largest absolute Gasteiger partial charge is 0.471 e. The van der Waals surface area contributed by atoms with Crippen molar-refractivity contribution in [2.75, 3.05) is 0 Å². The Labute approximate surface area is 170 Å². The van der Waals surface area contributed by atoms with Crippen molar-refractivity contribution < 1.29 is 9.53 Å². The van der Waals surface area contributed by atoms with Crippen LogP contribution in [0.5, 0.6) is 5.75 Å². The van der Waals surface area contributed by atoms with Gasteiger partial charge in [-0.15, -0.1) is 0 Å². The van der Waals surface area contributed by atoms with Crippen LogP contribution in [0.3, 0.4) is 0 Å². The molecule has 2 heterocycles. The molecular weight excluding hydrogens is 434 g/mol. The van der Waals surface area contributed by atoms with Crippen molar-refractivity contribution >= 4 is 33.4 Å². The topological polar surface area (TPSA) is 74.0 Å². The average Bonchev–Trinajstić information content (AvgIpc) is 3.27. The molecule has 1 amide bonds. The first-order valence-electron chi connectivity index (χ1n) is 8.38. The van der Waals surface area contributed by atoms with Crippen molar-refractivity contribution in [3.05, 3.63) is 63.1 Å². The van der Waals surface area contributed by atoms with Crippen molar-refractivity contribution in [2.24, 2.45) is 0 Å². The maximum Gasteiger partial charge on any atom is 0.272 e. The lowest BCUT2D eigenvalue weighted by atomic mass is 10.2. The molecule has 0 radical (unpaired) electrons. The third-order valence-corrected chi connectivity index (χ3v) is 5.07. The Kier molecular flexibility index (Phi) is 6.18. The van der Waals surface area contributed by atoms with Gasteiger partial charge in [0.15, 0.2) is 6.73 Å². The third-order valence-electron chi connectivity index (χ3n) is 3.98. The predicted molar refractivity (Wildman–Crippen MR) is 106 cm³/mol. The van der Waals surface area contributed by atoms with Crippen LogP contribution in [0.2, 0.25) is 5.02 Å². The number of nitrogens with zero attached hydrogens (tertiary/aromatic N) is 4. The molecule has 3 rings (SSSR count). The Morgan fingerprint density at radius 3 is 2.93 bits per heavy atom. The van der Waals surface area contributed by atoms with Gasteiger partial charge in [-0.25, -0.2) is 4.68 Å². The van der Waals surface area contributed by atoms with E-state index in [0.29, 0.717) is 23.0 Å². The second-order valence-electron chi connectivity index (χ2n) is 5.86. The number of aryl methyl sites for hydroxylation is 2. The number of carbonyl (C=O) groups excluding carboxylic acids is 1. The number of carbonyl (C=O) groups is 1. The number of nitrogens with one attached hydrogen (secondary N) is 1. The Morgan fingerprint density at radius 1 is 1.37 bits per heavy atom. The van der Waals surface area contributed by atoms with Gasteiger partial charge in [0.05, 0.1) is 22.9 Å². The standard InChI is InChI=1S/C18H19BrClN5O2/c1-3-25-17(14(19)9-22-25)10-21-18(26)16-6-7-24(23-16)11-27-13-4-5-15(20)12(2)8-13/h4-9H,3,10-11H2,1-2H3,(H,21,26). The monoisotopic (exact) mass is 451 g/mol. The summed E-state index contributed by atoms with van der Waals surface area (Å²) in [6.45, 7) is 5.19. The smallest absolute Gasteiger partial charge is 0.272 e. The van der Waals surface area contributed by atoms with Crippen LogP contribution in [0.15, 0.2) is 41.1 Å². The van der Waals surface area contributed by atoms with Gasteiger partial charge in [-0.2, -0.15) is 10.2 Å². The Bertz CT molecular complexity index is 953. The van der Waals surface area contributed by atoms with Gasteiger partial charge >= 0.3 is 0 Å². The van der Waals surface area contributed by atoms with Crippen molar-refractivity contribution in [2.45, 2.75) is 33.7 Å². The summed E-state index contributed by atoms with van der Waals surface area (Å²) in [4.78, 5) is 12.3. The molecule has 2 aromatic heterocycles. The molecular formula is C18H19BrClN5O2. The van der Waals surface area contributed by atoms with E-state index in [9.17, 15) is 4.79 Å². The lowest BCUT2D eigenvalue weighted by Gasteiger charge is -2.08. The lowest BCUT2D eigenvalue weighted by Crippen LogP contribution is -2.25. The molecule has 0 spiro atoms. The van der Waals surface area contributed by atoms with Crippen LogP contribution in [0.25, 0.3) is 0 Å². The zero-order valence-corrected chi connectivity index (χ0v) is 17.3. The molecule has 0 aliphatic rings. The maximum atomic E-state index is 12.3. The van der Waals surface area contributed by atoms with Crippen molar-refractivity contribution in [1.29, 1.82) is 0 Å². The molecule has 0 saturated heterocycles. The number of aromatic nitrogens is 4. The first-order valence-corrected chi connectivity index (χ1v) is 9.55. The molecule has 142 valence electrons. The summed E-state index contributed by atoms with van der Waals surface area (Å²) in [5, 5.41) is 12.0. The number of halogens is 2. The van der Waals surface area contributed by atoms with Crippen LogP contribution < -0.4 is 10.1 Å². The zero-order chi connectivity index (χ0) is 19.4. The molecule has 9 heteroatoms. The molecule has 0 aliphatic heterocycles. The van der Waals surface area contributed by atoms with Gasteiger partial charge in [-0.3, -0.25) is 9.48 Å². The highest BCUT2D eigenvalue weighted by molar-refractivity contribution is 9.10. The fourth-order valence-electron chi connectivity index (χ4n) is 2.49. The summed E-state index contributed by atoms with van der Waals surface area (Å²) in [5.74, 6) is 0.433. The van der Waals surface area contributed by atoms with Gasteiger partial charge in [0, 0.05) is 17.8 Å². The van der Waals surface area contributed by atoms with E-state index in [0.717, 1.165) is 22.3 Å². The predicted octanol–water partition coefficient (Wildman–Crippen LogP) is 3.79. The number of ether oxygens (including phenoxy) is 1. The molecule has 0 fully saturated rings. The van der Waals surface area contributed by atoms with Crippen LogP contribution in [-0.4, -0.2) is 25.5 Å². The van der Waals surface area contributed by atoms with E-state index in [2.05, 4.69) is 31.4 Å². The Balaban J connectivity index is 1.57. The van der Waals surface area contributed by atoms with Crippen LogP contribution >= 0.6 is 27.5 Å². The summed E-state index contributed by atoms with van der Waals surface area (Å²) >= 11 is 9.45. The highest BCUT2D eigenvalue weighted by atomic mass is 79.9. The number of benzene rings is 1. The van der Waals surface area contributed by atoms with Crippen LogP contribution in [-0.2, 0) is 19.8 Å². The molecule has 3 aromatic rings. The van der Waals surface area contributed by atoms with E-state index >= 15 is 0 Å². The number of rotatable bonds is 7. The van der Waals surface area contributed by atoms with Gasteiger partial charge in [0.2, 0.25) is 0 Å². The zero-order valence-electron chi connectivity index (χ0n) is 14.9. The number of hydrogen-bond donors (Lipinski definition) is 1. The number of amides is 1. The van der Waals surface area contributed by atoms with Gasteiger partial charge in [-0.05, 0) is 59.6 Å². The molecule has 0 atom stereocenters. The summed E-state index contributed by atoms with van der Waals surface area (Å²) in [6.07, 6.45) is 3.42. The Hall–Kier alpha value is -2.32. The normalized spacial score (nSPS) is 10.8. The second-order valence-corrected chi connectivity index (χ2v) is 7.12. The summed E-state index contributed by atoms with van der Waals surface area (Å²) in [7, 11) is 0.